The third-order valence-corrected chi connectivity index (χ3v) is 5.48. The molecule has 0 saturated carbocycles. The molecule has 1 aromatic carbocycles. The van der Waals surface area contributed by atoms with Crippen molar-refractivity contribution in [3.05, 3.63) is 42.0 Å². The van der Waals surface area contributed by atoms with Gasteiger partial charge in [0.05, 0.1) is 6.10 Å². The fraction of sp³-hybridized carbons (Fsp3) is 0.609. The molecular weight excluding hydrogens is 364 g/mol. The van der Waals surface area contributed by atoms with Crippen LogP contribution in [0.15, 0.2) is 41.4 Å². The number of piperazine rings is 1. The Morgan fingerprint density at radius 2 is 1.93 bits per heavy atom. The summed E-state index contributed by atoms with van der Waals surface area (Å²) in [5, 5.41) is 3.50. The van der Waals surface area contributed by atoms with Crippen LogP contribution in [-0.4, -0.2) is 88.0 Å². The number of hydrogen-bond donors (Lipinski definition) is 1. The van der Waals surface area contributed by atoms with Crippen LogP contribution in [-0.2, 0) is 9.47 Å². The molecular formula is C23H36N4O2. The molecule has 2 aliphatic rings. The topological polar surface area (TPSA) is 49.3 Å². The Bertz CT molecular complexity index is 621. The van der Waals surface area contributed by atoms with Gasteiger partial charge in [0.25, 0.3) is 0 Å². The second-order valence-corrected chi connectivity index (χ2v) is 7.61. The SMILES string of the molecule is CN=C(NCCCOC1CCOCC1)N1CCN(C/C=C/c2ccccc2)CC1. The van der Waals surface area contributed by atoms with Gasteiger partial charge in [0, 0.05) is 66.1 Å². The third-order valence-electron chi connectivity index (χ3n) is 5.48. The van der Waals surface area contributed by atoms with Gasteiger partial charge in [0.2, 0.25) is 0 Å². The molecule has 0 aliphatic carbocycles. The first-order chi connectivity index (χ1) is 14.3. The summed E-state index contributed by atoms with van der Waals surface area (Å²) >= 11 is 0. The predicted molar refractivity (Wildman–Crippen MR) is 119 cm³/mol. The van der Waals surface area contributed by atoms with Gasteiger partial charge in [0.15, 0.2) is 5.96 Å². The summed E-state index contributed by atoms with van der Waals surface area (Å²) in [6.45, 7) is 8.52. The van der Waals surface area contributed by atoms with E-state index in [9.17, 15) is 0 Å². The van der Waals surface area contributed by atoms with Gasteiger partial charge in [-0.1, -0.05) is 42.5 Å². The van der Waals surface area contributed by atoms with E-state index >= 15 is 0 Å². The molecule has 0 spiro atoms. The zero-order chi connectivity index (χ0) is 20.2. The highest BCUT2D eigenvalue weighted by Crippen LogP contribution is 2.10. The molecule has 6 nitrogen and oxygen atoms in total. The van der Waals surface area contributed by atoms with Crippen molar-refractivity contribution < 1.29 is 9.47 Å². The molecule has 0 bridgehead atoms. The van der Waals surface area contributed by atoms with Crippen LogP contribution in [0.25, 0.3) is 6.08 Å². The summed E-state index contributed by atoms with van der Waals surface area (Å²) in [6, 6.07) is 10.5. The molecule has 0 amide bonds. The minimum atomic E-state index is 0.382. The Balaban J connectivity index is 1.28. The summed E-state index contributed by atoms with van der Waals surface area (Å²) < 4.78 is 11.3. The van der Waals surface area contributed by atoms with Crippen LogP contribution < -0.4 is 5.32 Å². The average molecular weight is 401 g/mol. The summed E-state index contributed by atoms with van der Waals surface area (Å²) in [7, 11) is 1.87. The maximum absolute atomic E-state index is 5.94. The highest BCUT2D eigenvalue weighted by atomic mass is 16.5. The summed E-state index contributed by atoms with van der Waals surface area (Å²) in [6.07, 6.45) is 7.90. The third kappa shape index (κ3) is 7.80. The fourth-order valence-electron chi connectivity index (χ4n) is 3.74. The summed E-state index contributed by atoms with van der Waals surface area (Å²) in [5.41, 5.74) is 1.26. The lowest BCUT2D eigenvalue weighted by atomic mass is 10.1. The zero-order valence-electron chi connectivity index (χ0n) is 17.8. The Morgan fingerprint density at radius 1 is 1.17 bits per heavy atom. The lowest BCUT2D eigenvalue weighted by molar-refractivity contribution is -0.0320. The van der Waals surface area contributed by atoms with Crippen LogP contribution in [0.4, 0.5) is 0 Å². The molecule has 29 heavy (non-hydrogen) atoms. The first kappa shape index (κ1) is 21.8. The van der Waals surface area contributed by atoms with E-state index in [0.29, 0.717) is 6.10 Å². The molecule has 6 heteroatoms. The molecule has 1 N–H and O–H groups in total. The van der Waals surface area contributed by atoms with E-state index in [4.69, 9.17) is 9.47 Å². The Hall–Kier alpha value is -1.89. The maximum Gasteiger partial charge on any atom is 0.193 e. The largest absolute Gasteiger partial charge is 0.381 e. The molecule has 2 saturated heterocycles. The molecule has 0 unspecified atom stereocenters. The van der Waals surface area contributed by atoms with E-state index in [2.05, 4.69) is 62.6 Å². The van der Waals surface area contributed by atoms with E-state index in [1.165, 1.54) is 5.56 Å². The zero-order valence-corrected chi connectivity index (χ0v) is 17.8. The summed E-state index contributed by atoms with van der Waals surface area (Å²) in [4.78, 5) is 9.32. The van der Waals surface area contributed by atoms with Gasteiger partial charge < -0.3 is 19.7 Å². The first-order valence-corrected chi connectivity index (χ1v) is 10.9. The molecule has 1 aromatic rings. The van der Waals surface area contributed by atoms with E-state index in [-0.39, 0.29) is 0 Å². The van der Waals surface area contributed by atoms with Crippen LogP contribution in [0.3, 0.4) is 0 Å². The van der Waals surface area contributed by atoms with Crippen LogP contribution in [0.2, 0.25) is 0 Å². The molecule has 3 rings (SSSR count). The van der Waals surface area contributed by atoms with E-state index in [1.54, 1.807) is 0 Å². The van der Waals surface area contributed by atoms with Gasteiger partial charge in [-0.2, -0.15) is 0 Å². The molecule has 160 valence electrons. The molecule has 0 atom stereocenters. The number of rotatable bonds is 8. The van der Waals surface area contributed by atoms with Gasteiger partial charge in [-0.3, -0.25) is 9.89 Å². The monoisotopic (exact) mass is 400 g/mol. The van der Waals surface area contributed by atoms with E-state index in [1.807, 2.05) is 7.05 Å². The van der Waals surface area contributed by atoms with Crippen LogP contribution >= 0.6 is 0 Å². The Labute approximate surface area is 175 Å². The smallest absolute Gasteiger partial charge is 0.193 e. The molecule has 0 aromatic heterocycles. The fourth-order valence-corrected chi connectivity index (χ4v) is 3.74. The number of benzene rings is 1. The predicted octanol–water partition coefficient (Wildman–Crippen LogP) is 2.48. The van der Waals surface area contributed by atoms with Crippen LogP contribution in [0.1, 0.15) is 24.8 Å². The van der Waals surface area contributed by atoms with Crippen LogP contribution in [0.5, 0.6) is 0 Å². The lowest BCUT2D eigenvalue weighted by Crippen LogP contribution is -2.52. The van der Waals surface area contributed by atoms with Gasteiger partial charge in [-0.05, 0) is 24.8 Å². The van der Waals surface area contributed by atoms with Gasteiger partial charge in [0.1, 0.15) is 0 Å². The van der Waals surface area contributed by atoms with Gasteiger partial charge in [-0.25, -0.2) is 0 Å². The second-order valence-electron chi connectivity index (χ2n) is 7.61. The Morgan fingerprint density at radius 3 is 2.66 bits per heavy atom. The van der Waals surface area contributed by atoms with Crippen molar-refractivity contribution in [1.29, 1.82) is 0 Å². The van der Waals surface area contributed by atoms with E-state index < -0.39 is 0 Å². The number of guanidine groups is 1. The van der Waals surface area contributed by atoms with Crippen LogP contribution in [0, 0.1) is 0 Å². The minimum Gasteiger partial charge on any atom is -0.381 e. The highest BCUT2D eigenvalue weighted by molar-refractivity contribution is 5.79. The highest BCUT2D eigenvalue weighted by Gasteiger charge is 2.18. The number of nitrogens with zero attached hydrogens (tertiary/aromatic N) is 3. The lowest BCUT2D eigenvalue weighted by Gasteiger charge is -2.36. The van der Waals surface area contributed by atoms with Crippen molar-refractivity contribution in [1.82, 2.24) is 15.1 Å². The standard InChI is InChI=1S/C23H36N4O2/c1-24-23(25-12-6-18-29-22-10-19-28-20-11-22)27-16-14-26(15-17-27)13-5-9-21-7-3-2-4-8-21/h2-5,7-9,22H,6,10-20H2,1H3,(H,24,25)/b9-5+. The van der Waals surface area contributed by atoms with E-state index in [0.717, 1.165) is 84.3 Å². The quantitative estimate of drug-likeness (QED) is 0.413. The molecule has 2 aliphatic heterocycles. The van der Waals surface area contributed by atoms with Crippen molar-refractivity contribution in [2.75, 3.05) is 66.1 Å². The first-order valence-electron chi connectivity index (χ1n) is 10.9. The average Bonchev–Trinajstić information content (AvgIpc) is 2.78. The number of aliphatic imine (C=N–C) groups is 1. The molecule has 2 heterocycles. The summed E-state index contributed by atoms with van der Waals surface area (Å²) in [5.74, 6) is 1.01. The van der Waals surface area contributed by atoms with Gasteiger partial charge >= 0.3 is 0 Å². The van der Waals surface area contributed by atoms with Crippen molar-refractivity contribution in [3.8, 4) is 0 Å². The normalized spacial score (nSPS) is 19.8. The van der Waals surface area contributed by atoms with Crippen molar-refractivity contribution >= 4 is 12.0 Å². The van der Waals surface area contributed by atoms with Crippen molar-refractivity contribution in [3.63, 3.8) is 0 Å². The number of ether oxygens (including phenoxy) is 2. The minimum absolute atomic E-state index is 0.382. The van der Waals surface area contributed by atoms with Crippen molar-refractivity contribution in [2.45, 2.75) is 25.4 Å². The number of hydrogen-bond acceptors (Lipinski definition) is 4. The Kier molecular flexibility index (Phi) is 9.50. The molecule has 0 radical (unpaired) electrons. The molecule has 2 fully saturated rings. The second kappa shape index (κ2) is 12.6. The number of nitrogens with one attached hydrogen (secondary N) is 1. The maximum atomic E-state index is 5.94. The van der Waals surface area contributed by atoms with Gasteiger partial charge in [-0.15, -0.1) is 0 Å². The van der Waals surface area contributed by atoms with Crippen molar-refractivity contribution in [2.24, 2.45) is 4.99 Å².